The SMILES string of the molecule is COC1OC(COS(=O)(=O)O)C(OC2OC(C(=O)O)C(OC3OC(COS(=O)(=O)O)C(OC4OC(C(=O)O)C(OC5OC(COS(=O)(=O)O)C(OCCOCCOCCOCCN)C(OC)C5OC)C(OC)C4OC)C(OS(=O)(=O)O)C3OS(=O)(=O)O)C(OC)C2OC)C(OC)C1OS(=O)(=O)O. The second-order valence-corrected chi connectivity index (χ2v) is 27.7. The molecule has 600 valence electrons. The van der Waals surface area contributed by atoms with Crippen molar-refractivity contribution in [2.75, 3.05) is 129 Å². The maximum absolute atomic E-state index is 13.4. The molecule has 0 spiro atoms. The molecule has 0 radical (unpaired) electrons. The van der Waals surface area contributed by atoms with Crippen LogP contribution in [0.2, 0.25) is 0 Å². The number of carboxylic acid groups (broad SMARTS) is 2. The molecule has 5 fully saturated rings. The summed E-state index contributed by atoms with van der Waals surface area (Å²) in [5.41, 5.74) is 5.38. The molecule has 25 unspecified atom stereocenters. The maximum atomic E-state index is 13.4. The molecule has 5 saturated heterocycles. The molecule has 0 saturated carbocycles. The van der Waals surface area contributed by atoms with Gasteiger partial charge < -0.3 is 115 Å². The van der Waals surface area contributed by atoms with Gasteiger partial charge in [-0.15, -0.1) is 0 Å². The number of hydrogen-bond acceptors (Lipinski definition) is 42. The Morgan fingerprint density at radius 3 is 0.922 bits per heavy atom. The number of hydrogen-bond donors (Lipinski definition) is 9. The first-order valence-corrected chi connectivity index (χ1v) is 37.2. The number of rotatable bonds is 45. The normalized spacial score (nSPS) is 35.5. The van der Waals surface area contributed by atoms with Crippen LogP contribution >= 0.6 is 0 Å². The van der Waals surface area contributed by atoms with Crippen LogP contribution in [0.15, 0.2) is 0 Å². The van der Waals surface area contributed by atoms with Crippen molar-refractivity contribution in [1.29, 1.82) is 0 Å². The predicted molar refractivity (Wildman–Crippen MR) is 314 cm³/mol. The van der Waals surface area contributed by atoms with E-state index >= 15 is 0 Å². The monoisotopic (exact) mass is 1620 g/mol. The van der Waals surface area contributed by atoms with Crippen LogP contribution < -0.4 is 5.73 Å². The summed E-state index contributed by atoms with van der Waals surface area (Å²) in [6.45, 7) is -3.11. The highest BCUT2D eigenvalue weighted by Crippen LogP contribution is 2.41. The average Bonchev–Trinajstić information content (AvgIpc) is 0.759. The Kier molecular flexibility index (Phi) is 35.3. The minimum atomic E-state index is -6.17. The molecule has 0 bridgehead atoms. The van der Waals surface area contributed by atoms with Gasteiger partial charge in [0.2, 0.25) is 0 Å². The van der Waals surface area contributed by atoms with Crippen molar-refractivity contribution in [3.05, 3.63) is 0 Å². The summed E-state index contributed by atoms with van der Waals surface area (Å²) in [6.07, 6.45) is -55.1. The summed E-state index contributed by atoms with van der Waals surface area (Å²) in [5.74, 6) is -4.14. The topological polar surface area (TPSA) is 676 Å². The van der Waals surface area contributed by atoms with Crippen LogP contribution in [-0.4, -0.2) is 383 Å². The van der Waals surface area contributed by atoms with Crippen molar-refractivity contribution in [1.82, 2.24) is 0 Å². The van der Waals surface area contributed by atoms with Crippen LogP contribution in [0, 0.1) is 0 Å². The molecule has 0 aliphatic carbocycles. The van der Waals surface area contributed by atoms with Crippen molar-refractivity contribution < 1.29 is 222 Å². The molecule has 0 amide bonds. The highest BCUT2D eigenvalue weighted by atomic mass is 32.3. The van der Waals surface area contributed by atoms with Crippen molar-refractivity contribution in [3.63, 3.8) is 0 Å². The van der Waals surface area contributed by atoms with E-state index in [9.17, 15) is 97.6 Å². The Hall–Kier alpha value is -2.72. The molecule has 0 aromatic carbocycles. The van der Waals surface area contributed by atoms with E-state index in [0.29, 0.717) is 13.2 Å². The van der Waals surface area contributed by atoms with Gasteiger partial charge in [0.15, 0.2) is 55.9 Å². The summed E-state index contributed by atoms with van der Waals surface area (Å²) < 4.78 is 354. The number of methoxy groups -OCH3 is 8. The fourth-order valence-electron chi connectivity index (χ4n) is 11.0. The molecule has 10 N–H and O–H groups in total. The fourth-order valence-corrected chi connectivity index (χ4v) is 13.4. The lowest BCUT2D eigenvalue weighted by atomic mass is 9.94. The van der Waals surface area contributed by atoms with E-state index in [4.69, 9.17) is 118 Å². The summed E-state index contributed by atoms with van der Waals surface area (Å²) in [7, 11) is -26.7. The van der Waals surface area contributed by atoms with Gasteiger partial charge in [-0.25, -0.2) is 34.7 Å². The number of carbonyl (C=O) groups is 2. The number of carboxylic acids is 2. The zero-order chi connectivity index (χ0) is 76.5. The molecular formula is C46H81NO49S6. The van der Waals surface area contributed by atoms with Crippen LogP contribution in [0.3, 0.4) is 0 Å². The van der Waals surface area contributed by atoms with Crippen molar-refractivity contribution >= 4 is 74.3 Å². The summed E-state index contributed by atoms with van der Waals surface area (Å²) in [4.78, 5) is 26.8. The largest absolute Gasteiger partial charge is 0.479 e. The first-order valence-electron chi connectivity index (χ1n) is 29.1. The van der Waals surface area contributed by atoms with Gasteiger partial charge in [0.1, 0.15) is 97.7 Å². The van der Waals surface area contributed by atoms with E-state index in [2.05, 4.69) is 12.5 Å². The van der Waals surface area contributed by atoms with Crippen LogP contribution in [0.4, 0.5) is 0 Å². The number of ether oxygens (including phenoxy) is 21. The van der Waals surface area contributed by atoms with E-state index in [-0.39, 0.29) is 39.6 Å². The molecule has 102 heavy (non-hydrogen) atoms. The summed E-state index contributed by atoms with van der Waals surface area (Å²) in [6, 6.07) is 0. The quantitative estimate of drug-likeness (QED) is 0.0202. The highest BCUT2D eigenvalue weighted by molar-refractivity contribution is 7.82. The van der Waals surface area contributed by atoms with Gasteiger partial charge in [-0.2, -0.15) is 50.5 Å². The minimum Gasteiger partial charge on any atom is -0.479 e. The van der Waals surface area contributed by atoms with E-state index in [1.807, 2.05) is 0 Å². The number of nitrogens with two attached hydrogens (primary N) is 1. The lowest BCUT2D eigenvalue weighted by molar-refractivity contribution is -0.389. The van der Waals surface area contributed by atoms with Gasteiger partial charge >= 0.3 is 74.3 Å². The Morgan fingerprint density at radius 2 is 0.588 bits per heavy atom. The third kappa shape index (κ3) is 26.8. The molecule has 25 atom stereocenters. The Morgan fingerprint density at radius 1 is 0.314 bits per heavy atom. The lowest BCUT2D eigenvalue weighted by Gasteiger charge is -2.51. The Bertz CT molecular complexity index is 3300. The summed E-state index contributed by atoms with van der Waals surface area (Å²) >= 11 is 0. The zero-order valence-corrected chi connectivity index (χ0v) is 59.5. The average molecular weight is 1620 g/mol. The Labute approximate surface area is 582 Å². The van der Waals surface area contributed by atoms with Crippen LogP contribution in [0.1, 0.15) is 0 Å². The maximum Gasteiger partial charge on any atom is 0.397 e. The molecule has 5 rings (SSSR count). The fraction of sp³-hybridized carbons (Fsp3) is 0.957. The van der Waals surface area contributed by atoms with E-state index in [1.54, 1.807) is 0 Å². The van der Waals surface area contributed by atoms with E-state index in [1.165, 1.54) is 0 Å². The first kappa shape index (κ1) is 89.9. The molecule has 0 aromatic heterocycles. The second-order valence-electron chi connectivity index (χ2n) is 21.3. The van der Waals surface area contributed by atoms with E-state index < -0.39 is 248 Å². The Balaban J connectivity index is 1.54. The van der Waals surface area contributed by atoms with Gasteiger partial charge in [-0.3, -0.25) is 27.3 Å². The van der Waals surface area contributed by atoms with Gasteiger partial charge in [-0.1, -0.05) is 0 Å². The molecule has 0 aromatic rings. The molecule has 5 heterocycles. The standard InChI is InChI=1S/C46H81NO49S6/c1-70-26-23(81-16-15-80-14-13-79-12-11-78-10-9-47)20(17-82-97(52,53)54)86-43(35(26)74-5)90-30-28(72-3)37(76-7)45(93-33(30)40(48)49)89-25-22(19-84-99(58,59)60)87-46(39(96-102(67,68)69)32(25)94-100(61,62)63)91-31-29(73-4)36(75-6)44(92-34(31)41(50)51)88-24-21(18-83-98(55,56)57)85-42(77-8)38(27(24)71-2)95-101(64,65)66/h20-39,42-46H,9-19,47H2,1-8H3,(H,48,49)(H,50,51)(H,52,53,54)(H,55,56,57)(H,58,59,60)(H,61,62,63)(H,64,65,66)(H,67,68,69). The number of aliphatic carboxylic acids is 2. The van der Waals surface area contributed by atoms with Crippen LogP contribution in [0.25, 0.3) is 0 Å². The molecule has 5 aliphatic heterocycles. The highest BCUT2D eigenvalue weighted by Gasteiger charge is 2.62. The third-order valence-corrected chi connectivity index (χ3v) is 17.6. The third-order valence-electron chi connectivity index (χ3n) is 14.9. The van der Waals surface area contributed by atoms with Gasteiger partial charge in [-0.05, 0) is 0 Å². The second kappa shape index (κ2) is 40.1. The van der Waals surface area contributed by atoms with Gasteiger partial charge in [0, 0.05) is 63.4 Å². The van der Waals surface area contributed by atoms with E-state index in [0.717, 1.165) is 56.9 Å². The van der Waals surface area contributed by atoms with Gasteiger partial charge in [0.05, 0.1) is 66.1 Å². The predicted octanol–water partition coefficient (Wildman–Crippen LogP) is -7.51. The molecule has 50 nitrogen and oxygen atoms in total. The molecular weight excluding hydrogens is 1540 g/mol. The van der Waals surface area contributed by atoms with Crippen LogP contribution in [-0.2, 0) is 197 Å². The summed E-state index contributed by atoms with van der Waals surface area (Å²) in [5, 5.41) is 21.6. The minimum absolute atomic E-state index is 0.0630. The lowest BCUT2D eigenvalue weighted by Crippen LogP contribution is -2.70. The smallest absolute Gasteiger partial charge is 0.397 e. The van der Waals surface area contributed by atoms with Crippen molar-refractivity contribution in [2.45, 2.75) is 154 Å². The van der Waals surface area contributed by atoms with Crippen molar-refractivity contribution in [3.8, 4) is 0 Å². The first-order chi connectivity index (χ1) is 47.6. The van der Waals surface area contributed by atoms with Crippen LogP contribution in [0.5, 0.6) is 0 Å². The molecule has 56 heteroatoms. The molecule has 5 aliphatic rings. The van der Waals surface area contributed by atoms with Crippen molar-refractivity contribution in [2.24, 2.45) is 5.73 Å². The zero-order valence-electron chi connectivity index (χ0n) is 54.6. The van der Waals surface area contributed by atoms with Gasteiger partial charge in [0.25, 0.3) is 0 Å².